The van der Waals surface area contributed by atoms with E-state index >= 15 is 0 Å². The molecule has 25 heavy (non-hydrogen) atoms. The van der Waals surface area contributed by atoms with Crippen LogP contribution < -0.4 is 19.8 Å². The summed E-state index contributed by atoms with van der Waals surface area (Å²) in [4.78, 5) is 17.3. The normalized spacial score (nSPS) is 10.7. The highest BCUT2D eigenvalue weighted by molar-refractivity contribution is 5.77. The molecule has 130 valence electrons. The number of aromatic nitrogens is 2. The topological polar surface area (TPSA) is 62.6 Å². The molecular formula is C19H20N2O4. The highest BCUT2D eigenvalue weighted by Crippen LogP contribution is 2.38. The Hall–Kier alpha value is -3.02. The largest absolute Gasteiger partial charge is 0.493 e. The predicted octanol–water partition coefficient (Wildman–Crippen LogP) is 2.78. The Morgan fingerprint density at radius 2 is 1.64 bits per heavy atom. The van der Waals surface area contributed by atoms with Crippen molar-refractivity contribution in [2.24, 2.45) is 0 Å². The van der Waals surface area contributed by atoms with Gasteiger partial charge in [0.1, 0.15) is 5.82 Å². The first kappa shape index (κ1) is 16.8. The standard InChI is InChI=1S/C19H20N2O4/c1-12-20-15-8-6-5-7-14(15)19(22)21(12)11-13-9-16(23-2)18(25-4)17(10-13)24-3/h5-10H,11H2,1-4H3. The molecule has 3 rings (SSSR count). The van der Waals surface area contributed by atoms with Gasteiger partial charge in [-0.15, -0.1) is 0 Å². The summed E-state index contributed by atoms with van der Waals surface area (Å²) in [6.07, 6.45) is 0. The van der Waals surface area contributed by atoms with Crippen LogP contribution in [0.25, 0.3) is 10.9 Å². The van der Waals surface area contributed by atoms with Crippen molar-refractivity contribution in [3.8, 4) is 17.2 Å². The van der Waals surface area contributed by atoms with Gasteiger partial charge in [0.2, 0.25) is 5.75 Å². The van der Waals surface area contributed by atoms with E-state index in [0.717, 1.165) is 5.56 Å². The van der Waals surface area contributed by atoms with E-state index in [1.165, 1.54) is 0 Å². The number of ether oxygens (including phenoxy) is 3. The third-order valence-electron chi connectivity index (χ3n) is 4.12. The molecule has 0 aliphatic heterocycles. The first-order chi connectivity index (χ1) is 12.1. The molecule has 6 nitrogen and oxygen atoms in total. The number of hydrogen-bond acceptors (Lipinski definition) is 5. The summed E-state index contributed by atoms with van der Waals surface area (Å²) in [5, 5.41) is 0.598. The summed E-state index contributed by atoms with van der Waals surface area (Å²) in [6, 6.07) is 11.0. The molecule has 1 aromatic heterocycles. The lowest BCUT2D eigenvalue weighted by atomic mass is 10.1. The fourth-order valence-corrected chi connectivity index (χ4v) is 2.87. The van der Waals surface area contributed by atoms with Crippen LogP contribution in [0, 0.1) is 6.92 Å². The Morgan fingerprint density at radius 3 is 2.24 bits per heavy atom. The van der Waals surface area contributed by atoms with Crippen LogP contribution in [0.2, 0.25) is 0 Å². The molecule has 0 bridgehead atoms. The predicted molar refractivity (Wildman–Crippen MR) is 95.9 cm³/mol. The summed E-state index contributed by atoms with van der Waals surface area (Å²) in [7, 11) is 4.69. The second-order valence-electron chi connectivity index (χ2n) is 5.60. The van der Waals surface area contributed by atoms with Crippen LogP contribution >= 0.6 is 0 Å². The van der Waals surface area contributed by atoms with Crippen LogP contribution in [0.5, 0.6) is 17.2 Å². The van der Waals surface area contributed by atoms with Gasteiger partial charge in [-0.1, -0.05) is 12.1 Å². The molecule has 6 heteroatoms. The number of nitrogens with zero attached hydrogens (tertiary/aromatic N) is 2. The van der Waals surface area contributed by atoms with Gasteiger partial charge in [-0.2, -0.15) is 0 Å². The molecule has 0 N–H and O–H groups in total. The van der Waals surface area contributed by atoms with E-state index in [-0.39, 0.29) is 5.56 Å². The van der Waals surface area contributed by atoms with E-state index in [2.05, 4.69) is 4.98 Å². The minimum atomic E-state index is -0.0724. The Labute approximate surface area is 145 Å². The number of aryl methyl sites for hydroxylation is 1. The van der Waals surface area contributed by atoms with E-state index in [9.17, 15) is 4.79 Å². The second-order valence-corrected chi connectivity index (χ2v) is 5.60. The second kappa shape index (κ2) is 6.84. The van der Waals surface area contributed by atoms with Crippen molar-refractivity contribution in [3.05, 3.63) is 58.1 Å². The number of methoxy groups -OCH3 is 3. The lowest BCUT2D eigenvalue weighted by Gasteiger charge is -2.16. The molecule has 0 amide bonds. The quantitative estimate of drug-likeness (QED) is 0.715. The highest BCUT2D eigenvalue weighted by atomic mass is 16.5. The van der Waals surface area contributed by atoms with Crippen LogP contribution in [0.1, 0.15) is 11.4 Å². The van der Waals surface area contributed by atoms with Crippen molar-refractivity contribution < 1.29 is 14.2 Å². The number of hydrogen-bond donors (Lipinski definition) is 0. The number of rotatable bonds is 5. The summed E-state index contributed by atoms with van der Waals surface area (Å²) in [5.41, 5.74) is 1.49. The van der Waals surface area contributed by atoms with E-state index < -0.39 is 0 Å². The van der Waals surface area contributed by atoms with Crippen molar-refractivity contribution in [1.82, 2.24) is 9.55 Å². The lowest BCUT2D eigenvalue weighted by Crippen LogP contribution is -2.24. The van der Waals surface area contributed by atoms with Gasteiger partial charge in [-0.25, -0.2) is 4.98 Å². The third kappa shape index (κ3) is 3.03. The van der Waals surface area contributed by atoms with Crippen LogP contribution in [-0.2, 0) is 6.54 Å². The zero-order valence-electron chi connectivity index (χ0n) is 14.7. The molecule has 0 spiro atoms. The maximum Gasteiger partial charge on any atom is 0.261 e. The van der Waals surface area contributed by atoms with Crippen molar-refractivity contribution in [1.29, 1.82) is 0 Å². The summed E-state index contributed by atoms with van der Waals surface area (Å²) >= 11 is 0. The zero-order chi connectivity index (χ0) is 18.0. The van der Waals surface area contributed by atoms with Crippen LogP contribution in [0.15, 0.2) is 41.2 Å². The van der Waals surface area contributed by atoms with Gasteiger partial charge in [-0.05, 0) is 36.8 Å². The Kier molecular flexibility index (Phi) is 4.61. The summed E-state index contributed by atoms with van der Waals surface area (Å²) < 4.78 is 17.7. The molecule has 3 aromatic rings. The molecule has 0 atom stereocenters. The minimum Gasteiger partial charge on any atom is -0.493 e. The van der Waals surface area contributed by atoms with Crippen LogP contribution in [-0.4, -0.2) is 30.9 Å². The van der Waals surface area contributed by atoms with Crippen LogP contribution in [0.4, 0.5) is 0 Å². The smallest absolute Gasteiger partial charge is 0.261 e. The fraction of sp³-hybridized carbons (Fsp3) is 0.263. The van der Waals surface area contributed by atoms with Crippen LogP contribution in [0.3, 0.4) is 0 Å². The monoisotopic (exact) mass is 340 g/mol. The molecule has 2 aromatic carbocycles. The Balaban J connectivity index is 2.12. The first-order valence-electron chi connectivity index (χ1n) is 7.84. The highest BCUT2D eigenvalue weighted by Gasteiger charge is 2.15. The van der Waals surface area contributed by atoms with Gasteiger partial charge in [0.25, 0.3) is 5.56 Å². The molecule has 0 unspecified atom stereocenters. The zero-order valence-corrected chi connectivity index (χ0v) is 14.7. The lowest BCUT2D eigenvalue weighted by molar-refractivity contribution is 0.323. The van der Waals surface area contributed by atoms with Crippen molar-refractivity contribution in [3.63, 3.8) is 0 Å². The molecule has 0 aliphatic rings. The molecule has 0 radical (unpaired) electrons. The van der Waals surface area contributed by atoms with E-state index in [1.807, 2.05) is 37.3 Å². The number of fused-ring (bicyclic) bond motifs is 1. The van der Waals surface area contributed by atoms with Gasteiger partial charge >= 0.3 is 0 Å². The van der Waals surface area contributed by atoms with Gasteiger partial charge in [0.15, 0.2) is 11.5 Å². The van der Waals surface area contributed by atoms with E-state index in [0.29, 0.717) is 40.5 Å². The molecule has 1 heterocycles. The molecule has 0 saturated heterocycles. The Bertz CT molecular complexity index is 954. The minimum absolute atomic E-state index is 0.0724. The van der Waals surface area contributed by atoms with E-state index in [4.69, 9.17) is 14.2 Å². The van der Waals surface area contributed by atoms with Gasteiger partial charge < -0.3 is 14.2 Å². The first-order valence-corrected chi connectivity index (χ1v) is 7.84. The van der Waals surface area contributed by atoms with Gasteiger partial charge in [0.05, 0.1) is 38.8 Å². The maximum absolute atomic E-state index is 12.8. The average Bonchev–Trinajstić information content (AvgIpc) is 2.64. The van der Waals surface area contributed by atoms with Gasteiger partial charge in [0, 0.05) is 0 Å². The average molecular weight is 340 g/mol. The number of benzene rings is 2. The molecule has 0 aliphatic carbocycles. The number of para-hydroxylation sites is 1. The van der Waals surface area contributed by atoms with Crippen molar-refractivity contribution in [2.45, 2.75) is 13.5 Å². The molecular weight excluding hydrogens is 320 g/mol. The van der Waals surface area contributed by atoms with Crippen molar-refractivity contribution >= 4 is 10.9 Å². The molecule has 0 fully saturated rings. The maximum atomic E-state index is 12.8. The third-order valence-corrected chi connectivity index (χ3v) is 4.12. The van der Waals surface area contributed by atoms with E-state index in [1.54, 1.807) is 32.0 Å². The van der Waals surface area contributed by atoms with Crippen molar-refractivity contribution in [2.75, 3.05) is 21.3 Å². The fourth-order valence-electron chi connectivity index (χ4n) is 2.87. The Morgan fingerprint density at radius 1 is 1.00 bits per heavy atom. The summed E-state index contributed by atoms with van der Waals surface area (Å²) in [5.74, 6) is 2.28. The SMILES string of the molecule is COc1cc(Cn2c(C)nc3ccccc3c2=O)cc(OC)c1OC. The molecule has 0 saturated carbocycles. The van der Waals surface area contributed by atoms with Gasteiger partial charge in [-0.3, -0.25) is 9.36 Å². The summed E-state index contributed by atoms with van der Waals surface area (Å²) in [6.45, 7) is 2.19.